The average Bonchev–Trinajstić information content (AvgIpc) is 2.55. The van der Waals surface area contributed by atoms with Crippen LogP contribution in [0.4, 0.5) is 0 Å². The number of carbonyl (C=O) groups excluding carboxylic acids is 2. The average molecular weight is 346 g/mol. The molecule has 126 valence electrons. The van der Waals surface area contributed by atoms with E-state index in [2.05, 4.69) is 4.74 Å². The van der Waals surface area contributed by atoms with E-state index in [1.165, 1.54) is 0 Å². The number of benzene rings is 2. The summed E-state index contributed by atoms with van der Waals surface area (Å²) >= 11 is 0. The SMILES string of the molecule is CCOC(=O)CS(=O)(=O)CC(=O)c1ccc(-c2ccccc2)cc1. The summed E-state index contributed by atoms with van der Waals surface area (Å²) in [5, 5.41) is 0. The number of carbonyl (C=O) groups is 2. The molecule has 0 aliphatic rings. The predicted molar refractivity (Wildman–Crippen MR) is 91.5 cm³/mol. The fraction of sp³-hybridized carbons (Fsp3) is 0.222. The van der Waals surface area contributed by atoms with Gasteiger partial charge in [0.15, 0.2) is 15.6 Å². The van der Waals surface area contributed by atoms with Crippen molar-refractivity contribution in [3.05, 3.63) is 60.2 Å². The van der Waals surface area contributed by atoms with Crippen LogP contribution in [0.2, 0.25) is 0 Å². The minimum absolute atomic E-state index is 0.100. The topological polar surface area (TPSA) is 77.5 Å². The number of Topliss-reactive ketones (excluding diaryl/α,β-unsaturated/α-hetero) is 1. The first-order chi connectivity index (χ1) is 11.4. The number of hydrogen-bond donors (Lipinski definition) is 0. The van der Waals surface area contributed by atoms with Crippen LogP contribution in [0, 0.1) is 0 Å². The second-order valence-corrected chi connectivity index (χ2v) is 7.27. The quantitative estimate of drug-likeness (QED) is 0.569. The van der Waals surface area contributed by atoms with Gasteiger partial charge in [-0.1, -0.05) is 54.6 Å². The van der Waals surface area contributed by atoms with Crippen molar-refractivity contribution in [1.82, 2.24) is 0 Å². The Morgan fingerprint density at radius 1 is 0.875 bits per heavy atom. The highest BCUT2D eigenvalue weighted by molar-refractivity contribution is 7.92. The highest BCUT2D eigenvalue weighted by atomic mass is 32.2. The lowest BCUT2D eigenvalue weighted by molar-refractivity contribution is -0.139. The van der Waals surface area contributed by atoms with Gasteiger partial charge in [-0.3, -0.25) is 9.59 Å². The maximum atomic E-state index is 12.1. The molecule has 0 atom stereocenters. The van der Waals surface area contributed by atoms with E-state index in [4.69, 9.17) is 0 Å². The van der Waals surface area contributed by atoms with Crippen LogP contribution >= 0.6 is 0 Å². The summed E-state index contributed by atoms with van der Waals surface area (Å²) in [6.07, 6.45) is 0. The van der Waals surface area contributed by atoms with Gasteiger partial charge in [0, 0.05) is 5.56 Å². The minimum atomic E-state index is -3.84. The van der Waals surface area contributed by atoms with Crippen molar-refractivity contribution < 1.29 is 22.7 Å². The van der Waals surface area contributed by atoms with Gasteiger partial charge in [-0.25, -0.2) is 8.42 Å². The Labute approximate surface area is 141 Å². The van der Waals surface area contributed by atoms with Crippen molar-refractivity contribution in [3.8, 4) is 11.1 Å². The molecule has 24 heavy (non-hydrogen) atoms. The first kappa shape index (κ1) is 17.9. The van der Waals surface area contributed by atoms with Crippen LogP contribution in [0.5, 0.6) is 0 Å². The Balaban J connectivity index is 2.06. The highest BCUT2D eigenvalue weighted by Crippen LogP contribution is 2.19. The molecule has 0 unspecified atom stereocenters. The first-order valence-electron chi connectivity index (χ1n) is 7.46. The number of ketones is 1. The summed E-state index contributed by atoms with van der Waals surface area (Å²) in [4.78, 5) is 23.4. The normalized spacial score (nSPS) is 11.0. The monoisotopic (exact) mass is 346 g/mol. The summed E-state index contributed by atoms with van der Waals surface area (Å²) in [5.41, 5.74) is 2.23. The van der Waals surface area contributed by atoms with Gasteiger partial charge in [-0.15, -0.1) is 0 Å². The van der Waals surface area contributed by atoms with Crippen LogP contribution < -0.4 is 0 Å². The molecule has 0 aliphatic carbocycles. The maximum Gasteiger partial charge on any atom is 0.321 e. The third kappa shape index (κ3) is 5.03. The van der Waals surface area contributed by atoms with Crippen molar-refractivity contribution in [3.63, 3.8) is 0 Å². The smallest absolute Gasteiger partial charge is 0.321 e. The molecule has 0 N–H and O–H groups in total. The minimum Gasteiger partial charge on any atom is -0.465 e. The van der Waals surface area contributed by atoms with Gasteiger partial charge in [-0.2, -0.15) is 0 Å². The van der Waals surface area contributed by atoms with E-state index < -0.39 is 33.1 Å². The van der Waals surface area contributed by atoms with Crippen LogP contribution in [0.25, 0.3) is 11.1 Å². The molecular weight excluding hydrogens is 328 g/mol. The largest absolute Gasteiger partial charge is 0.465 e. The summed E-state index contributed by atoms with van der Waals surface area (Å²) in [6.45, 7) is 1.69. The molecule has 2 aromatic carbocycles. The van der Waals surface area contributed by atoms with E-state index in [0.29, 0.717) is 5.56 Å². The van der Waals surface area contributed by atoms with Crippen LogP contribution in [0.15, 0.2) is 54.6 Å². The lowest BCUT2D eigenvalue weighted by Crippen LogP contribution is -2.25. The molecule has 6 heteroatoms. The molecule has 0 saturated carbocycles. The van der Waals surface area contributed by atoms with E-state index in [0.717, 1.165) is 11.1 Å². The lowest BCUT2D eigenvalue weighted by Gasteiger charge is -2.06. The third-order valence-corrected chi connectivity index (χ3v) is 4.69. The van der Waals surface area contributed by atoms with Crippen LogP contribution in [-0.2, 0) is 19.4 Å². The van der Waals surface area contributed by atoms with Crippen LogP contribution in [-0.4, -0.2) is 38.3 Å². The molecular formula is C18H18O5S. The second-order valence-electron chi connectivity index (χ2n) is 5.20. The fourth-order valence-electron chi connectivity index (χ4n) is 2.20. The summed E-state index contributed by atoms with van der Waals surface area (Å²) < 4.78 is 28.3. The molecule has 0 amide bonds. The van der Waals surface area contributed by atoms with Crippen LogP contribution in [0.3, 0.4) is 0 Å². The fourth-order valence-corrected chi connectivity index (χ4v) is 3.31. The zero-order valence-corrected chi connectivity index (χ0v) is 14.1. The molecule has 0 fully saturated rings. The Kier molecular flexibility index (Phi) is 5.87. The van der Waals surface area contributed by atoms with Crippen molar-refractivity contribution >= 4 is 21.6 Å². The van der Waals surface area contributed by atoms with Crippen molar-refractivity contribution in [2.45, 2.75) is 6.92 Å². The number of rotatable bonds is 7. The van der Waals surface area contributed by atoms with E-state index in [1.807, 2.05) is 30.3 Å². The number of hydrogen-bond acceptors (Lipinski definition) is 5. The van der Waals surface area contributed by atoms with E-state index in [1.54, 1.807) is 31.2 Å². The van der Waals surface area contributed by atoms with Crippen molar-refractivity contribution in [2.75, 3.05) is 18.1 Å². The molecule has 2 rings (SSSR count). The van der Waals surface area contributed by atoms with Gasteiger partial charge in [-0.05, 0) is 18.1 Å². The van der Waals surface area contributed by atoms with Gasteiger partial charge >= 0.3 is 5.97 Å². The Morgan fingerprint density at radius 2 is 1.46 bits per heavy atom. The number of sulfone groups is 1. The molecule has 0 radical (unpaired) electrons. The standard InChI is InChI=1S/C18H18O5S/c1-2-23-18(20)13-24(21,22)12-17(19)16-10-8-15(9-11-16)14-6-4-3-5-7-14/h3-11H,2,12-13H2,1H3. The Morgan fingerprint density at radius 3 is 2.04 bits per heavy atom. The lowest BCUT2D eigenvalue weighted by atomic mass is 10.0. The van der Waals surface area contributed by atoms with Gasteiger partial charge in [0.25, 0.3) is 0 Å². The summed E-state index contributed by atoms with van der Waals surface area (Å²) in [5.74, 6) is -2.88. The zero-order chi connectivity index (χ0) is 17.6. The maximum absolute atomic E-state index is 12.1. The van der Waals surface area contributed by atoms with Gasteiger partial charge < -0.3 is 4.74 Å². The molecule has 0 spiro atoms. The summed E-state index contributed by atoms with van der Waals surface area (Å²) in [7, 11) is -3.84. The predicted octanol–water partition coefficient (Wildman–Crippen LogP) is 2.51. The van der Waals surface area contributed by atoms with E-state index in [-0.39, 0.29) is 6.61 Å². The zero-order valence-electron chi connectivity index (χ0n) is 13.3. The Bertz CT molecular complexity index is 808. The molecule has 5 nitrogen and oxygen atoms in total. The van der Waals surface area contributed by atoms with Crippen molar-refractivity contribution in [1.29, 1.82) is 0 Å². The molecule has 0 saturated heterocycles. The third-order valence-electron chi connectivity index (χ3n) is 3.31. The molecule has 0 bridgehead atoms. The molecule has 0 aliphatic heterocycles. The van der Waals surface area contributed by atoms with Gasteiger partial charge in [0.05, 0.1) is 6.61 Å². The van der Waals surface area contributed by atoms with E-state index >= 15 is 0 Å². The van der Waals surface area contributed by atoms with Gasteiger partial charge in [0.1, 0.15) is 11.5 Å². The van der Waals surface area contributed by atoms with Gasteiger partial charge in [0.2, 0.25) is 0 Å². The van der Waals surface area contributed by atoms with Crippen molar-refractivity contribution in [2.24, 2.45) is 0 Å². The highest BCUT2D eigenvalue weighted by Gasteiger charge is 2.22. The molecule has 0 aromatic heterocycles. The Hall–Kier alpha value is -2.47. The number of esters is 1. The van der Waals surface area contributed by atoms with E-state index in [9.17, 15) is 18.0 Å². The summed E-state index contributed by atoms with van der Waals surface area (Å²) in [6, 6.07) is 16.3. The molecule has 0 heterocycles. The number of ether oxygens (including phenoxy) is 1. The molecule has 2 aromatic rings. The second kappa shape index (κ2) is 7.88. The van der Waals surface area contributed by atoms with Crippen LogP contribution in [0.1, 0.15) is 17.3 Å². The first-order valence-corrected chi connectivity index (χ1v) is 9.28.